The summed E-state index contributed by atoms with van der Waals surface area (Å²) in [7, 11) is 0. The van der Waals surface area contributed by atoms with E-state index in [4.69, 9.17) is 4.42 Å². The molecule has 2 heterocycles. The van der Waals surface area contributed by atoms with Crippen LogP contribution in [0.2, 0.25) is 0 Å². The number of rotatable bonds is 3. The summed E-state index contributed by atoms with van der Waals surface area (Å²) in [6, 6.07) is 7.02. The number of halogens is 2. The number of nitrogens with zero attached hydrogens (tertiary/aromatic N) is 1. The molecule has 106 valence electrons. The molecule has 0 amide bonds. The van der Waals surface area contributed by atoms with E-state index < -0.39 is 11.6 Å². The van der Waals surface area contributed by atoms with Crippen molar-refractivity contribution in [3.63, 3.8) is 0 Å². The van der Waals surface area contributed by atoms with Crippen molar-refractivity contribution in [1.29, 1.82) is 0 Å². The lowest BCUT2D eigenvalue weighted by atomic mass is 10.0. The van der Waals surface area contributed by atoms with Crippen molar-refractivity contribution in [1.82, 2.24) is 10.2 Å². The zero-order valence-corrected chi connectivity index (χ0v) is 11.0. The van der Waals surface area contributed by atoms with Crippen LogP contribution in [0.3, 0.4) is 0 Å². The number of hydrogen-bond acceptors (Lipinski definition) is 3. The molecule has 0 bridgehead atoms. The van der Waals surface area contributed by atoms with Crippen LogP contribution in [0.15, 0.2) is 41.0 Å². The molecule has 1 aliphatic rings. The van der Waals surface area contributed by atoms with Crippen LogP contribution in [0, 0.1) is 11.6 Å². The van der Waals surface area contributed by atoms with Crippen molar-refractivity contribution in [2.24, 2.45) is 0 Å². The average molecular weight is 278 g/mol. The van der Waals surface area contributed by atoms with Gasteiger partial charge in [0, 0.05) is 32.2 Å². The third kappa shape index (κ3) is 2.73. The molecule has 0 radical (unpaired) electrons. The van der Waals surface area contributed by atoms with Crippen molar-refractivity contribution in [3.05, 3.63) is 59.6 Å². The SMILES string of the molecule is Fc1cc(F)cc([C@H](c2ccco2)N2CCNCC2)c1. The normalized spacial score (nSPS) is 18.1. The Morgan fingerprint density at radius 3 is 2.40 bits per heavy atom. The van der Waals surface area contributed by atoms with Crippen LogP contribution >= 0.6 is 0 Å². The van der Waals surface area contributed by atoms with E-state index in [-0.39, 0.29) is 6.04 Å². The van der Waals surface area contributed by atoms with Gasteiger partial charge < -0.3 is 9.73 Å². The fraction of sp³-hybridized carbons (Fsp3) is 0.333. The van der Waals surface area contributed by atoms with E-state index in [9.17, 15) is 8.78 Å². The highest BCUT2D eigenvalue weighted by Gasteiger charge is 2.26. The smallest absolute Gasteiger partial charge is 0.126 e. The second-order valence-corrected chi connectivity index (χ2v) is 4.91. The first-order valence-electron chi connectivity index (χ1n) is 6.68. The van der Waals surface area contributed by atoms with Crippen LogP contribution in [-0.2, 0) is 0 Å². The summed E-state index contributed by atoms with van der Waals surface area (Å²) in [4.78, 5) is 2.17. The van der Waals surface area contributed by atoms with Gasteiger partial charge in [-0.25, -0.2) is 8.78 Å². The standard InChI is InChI=1S/C15H16F2N2O/c16-12-8-11(9-13(17)10-12)15(14-2-1-7-20-14)19-5-3-18-4-6-19/h1-2,7-10,15,18H,3-6H2/t15-/m1/s1. The van der Waals surface area contributed by atoms with Gasteiger partial charge in [-0.05, 0) is 29.8 Å². The summed E-state index contributed by atoms with van der Waals surface area (Å²) in [5.74, 6) is -0.421. The Kier molecular flexibility index (Phi) is 3.80. The fourth-order valence-electron chi connectivity index (χ4n) is 2.68. The minimum Gasteiger partial charge on any atom is -0.467 e. The van der Waals surface area contributed by atoms with E-state index in [2.05, 4.69) is 10.2 Å². The summed E-state index contributed by atoms with van der Waals surface area (Å²) in [5.41, 5.74) is 0.583. The van der Waals surface area contributed by atoms with Crippen LogP contribution in [0.4, 0.5) is 8.78 Å². The van der Waals surface area contributed by atoms with E-state index in [1.165, 1.54) is 12.1 Å². The first-order chi connectivity index (χ1) is 9.74. The highest BCUT2D eigenvalue weighted by Crippen LogP contribution is 2.30. The average Bonchev–Trinajstić information content (AvgIpc) is 2.93. The molecule has 2 aromatic rings. The van der Waals surface area contributed by atoms with Crippen LogP contribution in [-0.4, -0.2) is 31.1 Å². The third-order valence-electron chi connectivity index (χ3n) is 3.53. The van der Waals surface area contributed by atoms with E-state index in [1.54, 1.807) is 12.3 Å². The Bertz CT molecular complexity index is 545. The summed E-state index contributed by atoms with van der Waals surface area (Å²) in [6.45, 7) is 3.33. The molecular formula is C15H16F2N2O. The van der Waals surface area contributed by atoms with Gasteiger partial charge in [0.2, 0.25) is 0 Å². The van der Waals surface area contributed by atoms with Gasteiger partial charge in [0.25, 0.3) is 0 Å². The van der Waals surface area contributed by atoms with Gasteiger partial charge >= 0.3 is 0 Å². The molecule has 5 heteroatoms. The molecule has 0 saturated carbocycles. The van der Waals surface area contributed by atoms with Crippen LogP contribution < -0.4 is 5.32 Å². The molecule has 1 aromatic heterocycles. The second kappa shape index (κ2) is 5.73. The predicted octanol–water partition coefficient (Wildman–Crippen LogP) is 2.55. The molecule has 1 saturated heterocycles. The number of nitrogens with one attached hydrogen (secondary N) is 1. The van der Waals surface area contributed by atoms with Crippen LogP contribution in [0.5, 0.6) is 0 Å². The predicted molar refractivity (Wildman–Crippen MR) is 71.4 cm³/mol. The second-order valence-electron chi connectivity index (χ2n) is 4.91. The Labute approximate surface area is 116 Å². The van der Waals surface area contributed by atoms with Gasteiger partial charge in [0.1, 0.15) is 17.4 Å². The Balaban J connectivity index is 2.00. The zero-order chi connectivity index (χ0) is 13.9. The lowest BCUT2D eigenvalue weighted by molar-refractivity contribution is 0.179. The maximum absolute atomic E-state index is 13.5. The molecular weight excluding hydrogens is 262 g/mol. The maximum atomic E-state index is 13.5. The first kappa shape index (κ1) is 13.3. The largest absolute Gasteiger partial charge is 0.467 e. The lowest BCUT2D eigenvalue weighted by Gasteiger charge is -2.34. The van der Waals surface area contributed by atoms with Gasteiger partial charge in [-0.2, -0.15) is 0 Å². The molecule has 1 aliphatic heterocycles. The van der Waals surface area contributed by atoms with Crippen molar-refractivity contribution in [2.45, 2.75) is 6.04 Å². The molecule has 0 spiro atoms. The summed E-state index contributed by atoms with van der Waals surface area (Å²) in [6.07, 6.45) is 1.58. The number of furan rings is 1. The molecule has 1 atom stereocenters. The Morgan fingerprint density at radius 1 is 1.10 bits per heavy atom. The topological polar surface area (TPSA) is 28.4 Å². The maximum Gasteiger partial charge on any atom is 0.126 e. The summed E-state index contributed by atoms with van der Waals surface area (Å²) in [5, 5.41) is 3.27. The molecule has 3 rings (SSSR count). The van der Waals surface area contributed by atoms with Crippen molar-refractivity contribution in [2.75, 3.05) is 26.2 Å². The molecule has 1 N–H and O–H groups in total. The van der Waals surface area contributed by atoms with E-state index >= 15 is 0 Å². The first-order valence-corrected chi connectivity index (χ1v) is 6.68. The van der Waals surface area contributed by atoms with Gasteiger partial charge in [-0.15, -0.1) is 0 Å². The minimum absolute atomic E-state index is 0.253. The monoisotopic (exact) mass is 278 g/mol. The van der Waals surface area contributed by atoms with Crippen LogP contribution in [0.25, 0.3) is 0 Å². The van der Waals surface area contributed by atoms with E-state index in [0.29, 0.717) is 11.3 Å². The Morgan fingerprint density at radius 2 is 1.80 bits per heavy atom. The highest BCUT2D eigenvalue weighted by molar-refractivity contribution is 5.28. The van der Waals surface area contributed by atoms with Gasteiger partial charge in [-0.1, -0.05) is 0 Å². The highest BCUT2D eigenvalue weighted by atomic mass is 19.1. The Hall–Kier alpha value is -1.72. The van der Waals surface area contributed by atoms with Crippen molar-refractivity contribution >= 4 is 0 Å². The van der Waals surface area contributed by atoms with E-state index in [0.717, 1.165) is 32.2 Å². The molecule has 1 fully saturated rings. The number of benzene rings is 1. The lowest BCUT2D eigenvalue weighted by Crippen LogP contribution is -2.45. The molecule has 1 aromatic carbocycles. The van der Waals surface area contributed by atoms with Crippen LogP contribution in [0.1, 0.15) is 17.4 Å². The van der Waals surface area contributed by atoms with Gasteiger partial charge in [-0.3, -0.25) is 4.90 Å². The number of piperazine rings is 1. The van der Waals surface area contributed by atoms with Crippen molar-refractivity contribution < 1.29 is 13.2 Å². The molecule has 3 nitrogen and oxygen atoms in total. The molecule has 20 heavy (non-hydrogen) atoms. The summed E-state index contributed by atoms with van der Waals surface area (Å²) >= 11 is 0. The third-order valence-corrected chi connectivity index (χ3v) is 3.53. The van der Waals surface area contributed by atoms with E-state index in [1.807, 2.05) is 6.07 Å². The fourth-order valence-corrected chi connectivity index (χ4v) is 2.68. The molecule has 0 aliphatic carbocycles. The van der Waals surface area contributed by atoms with Gasteiger partial charge in [0.05, 0.1) is 12.3 Å². The van der Waals surface area contributed by atoms with Crippen molar-refractivity contribution in [3.8, 4) is 0 Å². The number of hydrogen-bond donors (Lipinski definition) is 1. The summed E-state index contributed by atoms with van der Waals surface area (Å²) < 4.78 is 32.5. The zero-order valence-electron chi connectivity index (χ0n) is 11.0. The minimum atomic E-state index is -0.563. The van der Waals surface area contributed by atoms with Gasteiger partial charge in [0.15, 0.2) is 0 Å². The molecule has 0 unspecified atom stereocenters. The quantitative estimate of drug-likeness (QED) is 0.935.